The molecule has 0 aliphatic heterocycles. The molecule has 0 fully saturated rings. The number of carbonyl (C=O) groups is 1. The molecule has 0 atom stereocenters. The van der Waals surface area contributed by atoms with E-state index in [1.54, 1.807) is 13.2 Å². The predicted octanol–water partition coefficient (Wildman–Crippen LogP) is 6.40. The Morgan fingerprint density at radius 1 is 0.919 bits per heavy atom. The highest BCUT2D eigenvalue weighted by Crippen LogP contribution is 2.25. The molecule has 0 aliphatic carbocycles. The standard InChI is InChI=1S/C31H33N3O3/c1-21-10-6-8-12-26(21)19-34-24(4)31(23(3)33-34)32-30(35)17-15-25-14-16-29(36-5)27(18-25)20-37-28-13-9-7-11-22(28)2/h6-18H,19-20H2,1-5H3,(H,32,35)/b17-15+. The Balaban J connectivity index is 1.45. The van der Waals surface area contributed by atoms with Crippen LogP contribution in [-0.4, -0.2) is 22.8 Å². The zero-order chi connectivity index (χ0) is 26.4. The fourth-order valence-corrected chi connectivity index (χ4v) is 4.21. The number of hydrogen-bond donors (Lipinski definition) is 1. The van der Waals surface area contributed by atoms with Crippen LogP contribution in [0.3, 0.4) is 0 Å². The molecule has 190 valence electrons. The van der Waals surface area contributed by atoms with Crippen LogP contribution >= 0.6 is 0 Å². The van der Waals surface area contributed by atoms with Crippen molar-refractivity contribution in [1.82, 2.24) is 9.78 Å². The number of carbonyl (C=O) groups excluding carboxylic acids is 1. The molecule has 37 heavy (non-hydrogen) atoms. The number of aromatic nitrogens is 2. The molecular weight excluding hydrogens is 462 g/mol. The number of anilines is 1. The number of nitrogens with one attached hydrogen (secondary N) is 1. The molecule has 0 bridgehead atoms. The van der Waals surface area contributed by atoms with Crippen LogP contribution in [0.4, 0.5) is 5.69 Å². The number of nitrogens with zero attached hydrogens (tertiary/aromatic N) is 2. The number of para-hydroxylation sites is 1. The van der Waals surface area contributed by atoms with Gasteiger partial charge in [0.1, 0.15) is 18.1 Å². The zero-order valence-corrected chi connectivity index (χ0v) is 22.0. The molecule has 0 saturated carbocycles. The second-order valence-electron chi connectivity index (χ2n) is 9.08. The van der Waals surface area contributed by atoms with Gasteiger partial charge in [0, 0.05) is 11.6 Å². The second-order valence-corrected chi connectivity index (χ2v) is 9.08. The van der Waals surface area contributed by atoms with Gasteiger partial charge in [0.2, 0.25) is 5.91 Å². The van der Waals surface area contributed by atoms with Crippen LogP contribution < -0.4 is 14.8 Å². The number of hydrogen-bond acceptors (Lipinski definition) is 4. The average Bonchev–Trinajstić information content (AvgIpc) is 3.15. The van der Waals surface area contributed by atoms with Crippen molar-refractivity contribution in [3.05, 3.63) is 112 Å². The molecular formula is C31H33N3O3. The van der Waals surface area contributed by atoms with Crippen molar-refractivity contribution < 1.29 is 14.3 Å². The third kappa shape index (κ3) is 6.28. The molecule has 0 spiro atoms. The highest BCUT2D eigenvalue weighted by molar-refractivity contribution is 6.02. The molecule has 4 rings (SSSR count). The van der Waals surface area contributed by atoms with Crippen molar-refractivity contribution in [3.63, 3.8) is 0 Å². The minimum Gasteiger partial charge on any atom is -0.496 e. The maximum Gasteiger partial charge on any atom is 0.248 e. The van der Waals surface area contributed by atoms with E-state index in [0.29, 0.717) is 13.2 Å². The van der Waals surface area contributed by atoms with Crippen LogP contribution in [0.2, 0.25) is 0 Å². The third-order valence-electron chi connectivity index (χ3n) is 6.42. The van der Waals surface area contributed by atoms with Gasteiger partial charge in [-0.15, -0.1) is 0 Å². The van der Waals surface area contributed by atoms with Gasteiger partial charge in [-0.3, -0.25) is 9.48 Å². The fourth-order valence-electron chi connectivity index (χ4n) is 4.21. The van der Waals surface area contributed by atoms with Crippen molar-refractivity contribution in [2.75, 3.05) is 12.4 Å². The summed E-state index contributed by atoms with van der Waals surface area (Å²) in [6.45, 7) is 9.01. The van der Waals surface area contributed by atoms with E-state index in [2.05, 4.69) is 29.5 Å². The van der Waals surface area contributed by atoms with Crippen molar-refractivity contribution in [2.24, 2.45) is 0 Å². The molecule has 6 nitrogen and oxygen atoms in total. The highest BCUT2D eigenvalue weighted by Gasteiger charge is 2.14. The van der Waals surface area contributed by atoms with Crippen molar-refractivity contribution in [2.45, 2.75) is 40.8 Å². The SMILES string of the molecule is COc1ccc(/C=C/C(=O)Nc2c(C)nn(Cc3ccccc3C)c2C)cc1COc1ccccc1C. The van der Waals surface area contributed by atoms with E-state index in [1.165, 1.54) is 17.2 Å². The quantitative estimate of drug-likeness (QED) is 0.273. The lowest BCUT2D eigenvalue weighted by Gasteiger charge is -2.12. The smallest absolute Gasteiger partial charge is 0.248 e. The summed E-state index contributed by atoms with van der Waals surface area (Å²) in [6, 6.07) is 21.9. The van der Waals surface area contributed by atoms with Gasteiger partial charge < -0.3 is 14.8 Å². The Morgan fingerprint density at radius 3 is 2.38 bits per heavy atom. The summed E-state index contributed by atoms with van der Waals surface area (Å²) in [5, 5.41) is 7.65. The first-order chi connectivity index (χ1) is 17.9. The molecule has 1 heterocycles. The normalized spacial score (nSPS) is 11.1. The van der Waals surface area contributed by atoms with Crippen LogP contribution in [0, 0.1) is 27.7 Å². The number of aryl methyl sites for hydroxylation is 3. The van der Waals surface area contributed by atoms with Crippen molar-refractivity contribution >= 4 is 17.7 Å². The first-order valence-corrected chi connectivity index (χ1v) is 12.3. The summed E-state index contributed by atoms with van der Waals surface area (Å²) < 4.78 is 13.5. The Labute approximate surface area is 218 Å². The third-order valence-corrected chi connectivity index (χ3v) is 6.42. The van der Waals surface area contributed by atoms with Gasteiger partial charge in [-0.1, -0.05) is 48.5 Å². The summed E-state index contributed by atoms with van der Waals surface area (Å²) in [5.74, 6) is 1.36. The Morgan fingerprint density at radius 2 is 1.65 bits per heavy atom. The second kappa shape index (κ2) is 11.6. The predicted molar refractivity (Wildman–Crippen MR) is 148 cm³/mol. The van der Waals surface area contributed by atoms with Gasteiger partial charge in [0.05, 0.1) is 30.7 Å². The molecule has 0 saturated heterocycles. The van der Waals surface area contributed by atoms with Crippen molar-refractivity contribution in [3.8, 4) is 11.5 Å². The molecule has 0 radical (unpaired) electrons. The Kier molecular flexibility index (Phi) is 8.08. The molecule has 1 N–H and O–H groups in total. The van der Waals surface area contributed by atoms with E-state index < -0.39 is 0 Å². The minimum absolute atomic E-state index is 0.213. The summed E-state index contributed by atoms with van der Waals surface area (Å²) in [7, 11) is 1.64. The lowest BCUT2D eigenvalue weighted by molar-refractivity contribution is -0.111. The minimum atomic E-state index is -0.213. The van der Waals surface area contributed by atoms with Crippen LogP contribution in [-0.2, 0) is 17.9 Å². The van der Waals surface area contributed by atoms with Gasteiger partial charge >= 0.3 is 0 Å². The van der Waals surface area contributed by atoms with E-state index in [0.717, 1.165) is 45.3 Å². The van der Waals surface area contributed by atoms with Gasteiger partial charge in [-0.05, 0) is 74.2 Å². The summed E-state index contributed by atoms with van der Waals surface area (Å²) >= 11 is 0. The lowest BCUT2D eigenvalue weighted by atomic mass is 10.1. The summed E-state index contributed by atoms with van der Waals surface area (Å²) in [4.78, 5) is 12.8. The van der Waals surface area contributed by atoms with E-state index >= 15 is 0 Å². The first-order valence-electron chi connectivity index (χ1n) is 12.3. The number of benzene rings is 3. The Hall–Kier alpha value is -4.32. The van der Waals surface area contributed by atoms with Gasteiger partial charge in [-0.2, -0.15) is 5.10 Å². The molecule has 3 aromatic carbocycles. The molecule has 1 amide bonds. The fraction of sp³-hybridized carbons (Fsp3) is 0.226. The van der Waals surface area contributed by atoms with E-state index in [-0.39, 0.29) is 5.91 Å². The lowest BCUT2D eigenvalue weighted by Crippen LogP contribution is -2.10. The van der Waals surface area contributed by atoms with Gasteiger partial charge in [0.15, 0.2) is 0 Å². The first kappa shape index (κ1) is 25.8. The molecule has 6 heteroatoms. The average molecular weight is 496 g/mol. The van der Waals surface area contributed by atoms with Crippen molar-refractivity contribution in [1.29, 1.82) is 0 Å². The molecule has 0 unspecified atom stereocenters. The molecule has 1 aromatic heterocycles. The van der Waals surface area contributed by atoms with Gasteiger partial charge in [0.25, 0.3) is 0 Å². The molecule has 0 aliphatic rings. The number of amides is 1. The van der Waals surface area contributed by atoms with Crippen LogP contribution in [0.25, 0.3) is 6.08 Å². The van der Waals surface area contributed by atoms with Crippen LogP contribution in [0.5, 0.6) is 11.5 Å². The Bertz CT molecular complexity index is 1440. The summed E-state index contributed by atoms with van der Waals surface area (Å²) in [6.07, 6.45) is 3.32. The highest BCUT2D eigenvalue weighted by atomic mass is 16.5. The number of methoxy groups -OCH3 is 1. The van der Waals surface area contributed by atoms with E-state index in [9.17, 15) is 4.79 Å². The topological polar surface area (TPSA) is 65.4 Å². The zero-order valence-electron chi connectivity index (χ0n) is 22.0. The number of rotatable bonds is 9. The monoisotopic (exact) mass is 495 g/mol. The van der Waals surface area contributed by atoms with Crippen LogP contribution in [0.15, 0.2) is 72.8 Å². The number of ether oxygens (including phenoxy) is 2. The largest absolute Gasteiger partial charge is 0.496 e. The van der Waals surface area contributed by atoms with E-state index in [1.807, 2.05) is 80.1 Å². The van der Waals surface area contributed by atoms with Gasteiger partial charge in [-0.25, -0.2) is 0 Å². The maximum atomic E-state index is 12.8. The van der Waals surface area contributed by atoms with E-state index in [4.69, 9.17) is 9.47 Å². The summed E-state index contributed by atoms with van der Waals surface area (Å²) in [5.41, 5.74) is 7.71. The molecule has 4 aromatic rings. The maximum absolute atomic E-state index is 12.8. The van der Waals surface area contributed by atoms with Crippen LogP contribution in [0.1, 0.15) is 39.2 Å².